The molecular formula is C17H19ClN2O3. The van der Waals surface area contributed by atoms with E-state index in [1.54, 1.807) is 25.3 Å². The molecule has 0 unspecified atom stereocenters. The van der Waals surface area contributed by atoms with E-state index in [0.29, 0.717) is 35.8 Å². The maximum absolute atomic E-state index is 11.9. The number of amides is 1. The SMILES string of the molecule is COc1ccc(OCCCC(=O)Nc2ccc(N)cc2Cl)cc1. The first-order chi connectivity index (χ1) is 11.1. The van der Waals surface area contributed by atoms with E-state index in [2.05, 4.69) is 5.32 Å². The molecule has 2 aromatic rings. The van der Waals surface area contributed by atoms with Gasteiger partial charge in [0.2, 0.25) is 5.91 Å². The van der Waals surface area contributed by atoms with Crippen molar-refractivity contribution in [2.45, 2.75) is 12.8 Å². The van der Waals surface area contributed by atoms with Gasteiger partial charge in [0.1, 0.15) is 11.5 Å². The van der Waals surface area contributed by atoms with Gasteiger partial charge in [-0.3, -0.25) is 4.79 Å². The van der Waals surface area contributed by atoms with Gasteiger partial charge in [0, 0.05) is 12.1 Å². The fourth-order valence-electron chi connectivity index (χ4n) is 1.94. The maximum Gasteiger partial charge on any atom is 0.224 e. The Hall–Kier alpha value is -2.40. The van der Waals surface area contributed by atoms with Crippen molar-refractivity contribution in [3.8, 4) is 11.5 Å². The van der Waals surface area contributed by atoms with Gasteiger partial charge in [-0.1, -0.05) is 11.6 Å². The van der Waals surface area contributed by atoms with Crippen molar-refractivity contribution in [3.05, 3.63) is 47.5 Å². The van der Waals surface area contributed by atoms with Crippen LogP contribution in [0.2, 0.25) is 5.02 Å². The molecule has 0 bridgehead atoms. The third-order valence-corrected chi connectivity index (χ3v) is 3.46. The zero-order chi connectivity index (χ0) is 16.7. The summed E-state index contributed by atoms with van der Waals surface area (Å²) >= 11 is 6.01. The van der Waals surface area contributed by atoms with Crippen molar-refractivity contribution in [2.24, 2.45) is 0 Å². The zero-order valence-corrected chi connectivity index (χ0v) is 13.6. The van der Waals surface area contributed by atoms with Crippen LogP contribution in [0.5, 0.6) is 11.5 Å². The standard InChI is InChI=1S/C17H19ClN2O3/c1-22-13-5-7-14(8-6-13)23-10-2-3-17(21)20-16-9-4-12(19)11-15(16)18/h4-9,11H,2-3,10,19H2,1H3,(H,20,21). The van der Waals surface area contributed by atoms with Crippen molar-refractivity contribution in [1.82, 2.24) is 0 Å². The highest BCUT2D eigenvalue weighted by Gasteiger charge is 2.06. The molecule has 1 amide bonds. The molecule has 0 spiro atoms. The fraction of sp³-hybridized carbons (Fsp3) is 0.235. The first-order valence-corrected chi connectivity index (χ1v) is 7.58. The Morgan fingerprint density at radius 3 is 2.52 bits per heavy atom. The highest BCUT2D eigenvalue weighted by atomic mass is 35.5. The molecule has 6 heteroatoms. The summed E-state index contributed by atoms with van der Waals surface area (Å²) < 4.78 is 10.6. The molecule has 0 aliphatic carbocycles. The van der Waals surface area contributed by atoms with E-state index >= 15 is 0 Å². The molecule has 2 rings (SSSR count). The molecular weight excluding hydrogens is 316 g/mol. The van der Waals surface area contributed by atoms with E-state index in [0.717, 1.165) is 11.5 Å². The van der Waals surface area contributed by atoms with Gasteiger partial charge in [-0.2, -0.15) is 0 Å². The predicted molar refractivity (Wildman–Crippen MR) is 92.2 cm³/mol. The second kappa shape index (κ2) is 8.29. The second-order valence-electron chi connectivity index (χ2n) is 4.92. The number of ether oxygens (including phenoxy) is 2. The summed E-state index contributed by atoms with van der Waals surface area (Å²) in [6.07, 6.45) is 0.946. The highest BCUT2D eigenvalue weighted by Crippen LogP contribution is 2.24. The van der Waals surface area contributed by atoms with E-state index in [1.807, 2.05) is 24.3 Å². The number of nitrogens with one attached hydrogen (secondary N) is 1. The van der Waals surface area contributed by atoms with E-state index in [-0.39, 0.29) is 5.91 Å². The lowest BCUT2D eigenvalue weighted by Crippen LogP contribution is -2.13. The van der Waals surface area contributed by atoms with Crippen LogP contribution in [-0.4, -0.2) is 19.6 Å². The molecule has 0 atom stereocenters. The normalized spacial score (nSPS) is 10.2. The van der Waals surface area contributed by atoms with E-state index in [1.165, 1.54) is 0 Å². The summed E-state index contributed by atoms with van der Waals surface area (Å²) in [5.41, 5.74) is 6.72. The predicted octanol–water partition coefficient (Wildman–Crippen LogP) is 3.73. The van der Waals surface area contributed by atoms with Crippen molar-refractivity contribution < 1.29 is 14.3 Å². The van der Waals surface area contributed by atoms with Crippen LogP contribution in [0.4, 0.5) is 11.4 Å². The molecule has 122 valence electrons. The lowest BCUT2D eigenvalue weighted by molar-refractivity contribution is -0.116. The van der Waals surface area contributed by atoms with Gasteiger partial charge >= 0.3 is 0 Å². The van der Waals surface area contributed by atoms with Crippen LogP contribution < -0.4 is 20.5 Å². The molecule has 0 saturated carbocycles. The number of carbonyl (C=O) groups excluding carboxylic acids is 1. The molecule has 0 fully saturated rings. The van der Waals surface area contributed by atoms with Gasteiger partial charge < -0.3 is 20.5 Å². The molecule has 2 aromatic carbocycles. The molecule has 0 saturated heterocycles. The van der Waals surface area contributed by atoms with Crippen molar-refractivity contribution in [2.75, 3.05) is 24.8 Å². The number of rotatable bonds is 7. The lowest BCUT2D eigenvalue weighted by atomic mass is 10.2. The van der Waals surface area contributed by atoms with Crippen LogP contribution in [-0.2, 0) is 4.79 Å². The van der Waals surface area contributed by atoms with Crippen LogP contribution in [0, 0.1) is 0 Å². The Kier molecular flexibility index (Phi) is 6.11. The summed E-state index contributed by atoms with van der Waals surface area (Å²) in [6.45, 7) is 0.454. The van der Waals surface area contributed by atoms with Crippen LogP contribution in [0.3, 0.4) is 0 Å². The number of nitrogen functional groups attached to an aromatic ring is 1. The number of benzene rings is 2. The molecule has 0 aliphatic rings. The van der Waals surface area contributed by atoms with Crippen molar-refractivity contribution >= 4 is 28.9 Å². The summed E-state index contributed by atoms with van der Waals surface area (Å²) in [6, 6.07) is 12.3. The lowest BCUT2D eigenvalue weighted by Gasteiger charge is -2.09. The summed E-state index contributed by atoms with van der Waals surface area (Å²) in [5, 5.41) is 3.18. The molecule has 3 N–H and O–H groups in total. The highest BCUT2D eigenvalue weighted by molar-refractivity contribution is 6.34. The van der Waals surface area contributed by atoms with Gasteiger partial charge in [-0.15, -0.1) is 0 Å². The Morgan fingerprint density at radius 1 is 1.17 bits per heavy atom. The third-order valence-electron chi connectivity index (χ3n) is 3.14. The van der Waals surface area contributed by atoms with Gasteiger partial charge in [0.15, 0.2) is 0 Å². The Bertz CT molecular complexity index is 659. The minimum Gasteiger partial charge on any atom is -0.497 e. The van der Waals surface area contributed by atoms with Gasteiger partial charge in [-0.25, -0.2) is 0 Å². The van der Waals surface area contributed by atoms with E-state index in [9.17, 15) is 4.79 Å². The third kappa shape index (κ3) is 5.38. The van der Waals surface area contributed by atoms with Crippen LogP contribution in [0.25, 0.3) is 0 Å². The monoisotopic (exact) mass is 334 g/mol. The molecule has 5 nitrogen and oxygen atoms in total. The zero-order valence-electron chi connectivity index (χ0n) is 12.8. The second-order valence-corrected chi connectivity index (χ2v) is 5.32. The first-order valence-electron chi connectivity index (χ1n) is 7.20. The molecule has 0 radical (unpaired) electrons. The fourth-order valence-corrected chi connectivity index (χ4v) is 2.18. The number of carbonyl (C=O) groups is 1. The van der Waals surface area contributed by atoms with Crippen LogP contribution in [0.1, 0.15) is 12.8 Å². The average Bonchev–Trinajstić information content (AvgIpc) is 2.55. The summed E-state index contributed by atoms with van der Waals surface area (Å²) in [5.74, 6) is 1.40. The Labute approximate surface area is 140 Å². The van der Waals surface area contributed by atoms with Crippen LogP contribution in [0.15, 0.2) is 42.5 Å². The number of hydrogen-bond acceptors (Lipinski definition) is 4. The number of hydrogen-bond donors (Lipinski definition) is 2. The minimum atomic E-state index is -0.116. The van der Waals surface area contributed by atoms with E-state index in [4.69, 9.17) is 26.8 Å². The number of anilines is 2. The maximum atomic E-state index is 11.9. The van der Waals surface area contributed by atoms with Crippen molar-refractivity contribution in [1.29, 1.82) is 0 Å². The van der Waals surface area contributed by atoms with Gasteiger partial charge in [-0.05, 0) is 48.9 Å². The molecule has 23 heavy (non-hydrogen) atoms. The number of halogens is 1. The Morgan fingerprint density at radius 2 is 1.87 bits per heavy atom. The van der Waals surface area contributed by atoms with Gasteiger partial charge in [0.25, 0.3) is 0 Å². The smallest absolute Gasteiger partial charge is 0.224 e. The van der Waals surface area contributed by atoms with Gasteiger partial charge in [0.05, 0.1) is 24.4 Å². The first kappa shape index (κ1) is 17.0. The summed E-state index contributed by atoms with van der Waals surface area (Å²) in [7, 11) is 1.61. The minimum absolute atomic E-state index is 0.116. The average molecular weight is 335 g/mol. The van der Waals surface area contributed by atoms with E-state index < -0.39 is 0 Å². The quantitative estimate of drug-likeness (QED) is 0.597. The topological polar surface area (TPSA) is 73.6 Å². The molecule has 0 heterocycles. The summed E-state index contributed by atoms with van der Waals surface area (Å²) in [4.78, 5) is 11.9. The number of nitrogens with two attached hydrogens (primary N) is 1. The van der Waals surface area contributed by atoms with Crippen molar-refractivity contribution in [3.63, 3.8) is 0 Å². The molecule has 0 aromatic heterocycles. The number of methoxy groups -OCH3 is 1. The largest absolute Gasteiger partial charge is 0.497 e. The van der Waals surface area contributed by atoms with Crippen LogP contribution >= 0.6 is 11.6 Å². The Balaban J connectivity index is 1.72. The molecule has 0 aliphatic heterocycles.